The number of carbonyl (C=O) groups excluding carboxylic acids is 1. The van der Waals surface area contributed by atoms with E-state index in [9.17, 15) is 23.3 Å². The SMILES string of the molecule is CC(=O)c1cc([N+](=O)[O-])cc(S(=O)(=O)Cl)n1. The average Bonchev–Trinajstić information content (AvgIpc) is 2.15. The van der Waals surface area contributed by atoms with Crippen LogP contribution < -0.4 is 0 Å². The largest absolute Gasteiger partial charge is 0.293 e. The molecule has 0 aliphatic rings. The van der Waals surface area contributed by atoms with Gasteiger partial charge in [0.2, 0.25) is 0 Å². The Labute approximate surface area is 94.6 Å². The van der Waals surface area contributed by atoms with Crippen LogP contribution in [0.2, 0.25) is 0 Å². The van der Waals surface area contributed by atoms with Gasteiger partial charge >= 0.3 is 0 Å². The first-order valence-electron chi connectivity index (χ1n) is 3.84. The highest BCUT2D eigenvalue weighted by atomic mass is 35.7. The molecule has 0 N–H and O–H groups in total. The highest BCUT2D eigenvalue weighted by Crippen LogP contribution is 2.20. The molecule has 86 valence electrons. The van der Waals surface area contributed by atoms with Gasteiger partial charge in [-0.3, -0.25) is 14.9 Å². The van der Waals surface area contributed by atoms with Gasteiger partial charge in [-0.1, -0.05) is 0 Å². The number of aromatic nitrogens is 1. The summed E-state index contributed by atoms with van der Waals surface area (Å²) in [6.07, 6.45) is 0. The minimum atomic E-state index is -4.21. The Bertz CT molecular complexity index is 536. The van der Waals surface area contributed by atoms with Gasteiger partial charge in [0.15, 0.2) is 10.8 Å². The maximum Gasteiger partial charge on any atom is 0.278 e. The third-order valence-electron chi connectivity index (χ3n) is 1.61. The predicted molar refractivity (Wildman–Crippen MR) is 53.9 cm³/mol. The molecule has 0 aliphatic carbocycles. The van der Waals surface area contributed by atoms with Gasteiger partial charge in [0.25, 0.3) is 14.7 Å². The van der Waals surface area contributed by atoms with E-state index in [1.54, 1.807) is 0 Å². The maximum atomic E-state index is 11.0. The molecule has 1 heterocycles. The highest BCUT2D eigenvalue weighted by molar-refractivity contribution is 8.13. The van der Waals surface area contributed by atoms with Crippen LogP contribution in [0, 0.1) is 10.1 Å². The molecule has 1 aromatic heterocycles. The Hall–Kier alpha value is -1.54. The van der Waals surface area contributed by atoms with Crippen molar-refractivity contribution in [1.29, 1.82) is 0 Å². The zero-order valence-corrected chi connectivity index (χ0v) is 9.45. The number of rotatable bonds is 3. The van der Waals surface area contributed by atoms with Crippen LogP contribution in [0.5, 0.6) is 0 Å². The summed E-state index contributed by atoms with van der Waals surface area (Å²) < 4.78 is 21.9. The van der Waals surface area contributed by atoms with Crippen molar-refractivity contribution in [1.82, 2.24) is 4.98 Å². The minimum absolute atomic E-state index is 0.326. The molecule has 0 saturated heterocycles. The zero-order chi connectivity index (χ0) is 12.5. The molecule has 9 heteroatoms. The molecule has 0 amide bonds. The van der Waals surface area contributed by atoms with Gasteiger partial charge in [-0.25, -0.2) is 13.4 Å². The topological polar surface area (TPSA) is 107 Å². The first-order chi connectivity index (χ1) is 7.21. The summed E-state index contributed by atoms with van der Waals surface area (Å²) in [7, 11) is 0.777. The summed E-state index contributed by atoms with van der Waals surface area (Å²) >= 11 is 0. The second-order valence-corrected chi connectivity index (χ2v) is 5.31. The number of hydrogen-bond acceptors (Lipinski definition) is 6. The van der Waals surface area contributed by atoms with E-state index >= 15 is 0 Å². The first-order valence-corrected chi connectivity index (χ1v) is 6.15. The summed E-state index contributed by atoms with van der Waals surface area (Å²) in [4.78, 5) is 24.0. The number of nitro groups is 1. The monoisotopic (exact) mass is 264 g/mol. The van der Waals surface area contributed by atoms with Crippen molar-refractivity contribution in [2.24, 2.45) is 0 Å². The van der Waals surface area contributed by atoms with E-state index in [1.165, 1.54) is 0 Å². The Balaban J connectivity index is 3.54. The van der Waals surface area contributed by atoms with E-state index in [1.807, 2.05) is 0 Å². The van der Waals surface area contributed by atoms with Gasteiger partial charge in [-0.2, -0.15) is 0 Å². The number of halogens is 1. The molecule has 1 rings (SSSR count). The molecule has 0 saturated carbocycles. The number of hydrogen-bond donors (Lipinski definition) is 0. The third-order valence-corrected chi connectivity index (χ3v) is 2.79. The maximum absolute atomic E-state index is 11.0. The molecular weight excluding hydrogens is 260 g/mol. The summed E-state index contributed by atoms with van der Waals surface area (Å²) in [5.74, 6) is -0.592. The molecule has 7 nitrogen and oxygen atoms in total. The van der Waals surface area contributed by atoms with Gasteiger partial charge in [-0.05, 0) is 0 Å². The predicted octanol–water partition coefficient (Wildman–Crippen LogP) is 1.12. The second kappa shape index (κ2) is 4.14. The normalized spacial score (nSPS) is 11.1. The van der Waals surface area contributed by atoms with Crippen LogP contribution in [-0.2, 0) is 9.05 Å². The van der Waals surface area contributed by atoms with Crippen molar-refractivity contribution in [2.45, 2.75) is 11.9 Å². The Morgan fingerprint density at radius 3 is 2.44 bits per heavy atom. The lowest BCUT2D eigenvalue weighted by atomic mass is 10.2. The first kappa shape index (κ1) is 12.5. The van der Waals surface area contributed by atoms with Gasteiger partial charge in [0.05, 0.1) is 11.0 Å². The Morgan fingerprint density at radius 2 is 2.06 bits per heavy atom. The third kappa shape index (κ3) is 2.74. The molecule has 0 atom stereocenters. The van der Waals surface area contributed by atoms with Crippen LogP contribution in [0.4, 0.5) is 5.69 Å². The van der Waals surface area contributed by atoms with Crippen molar-refractivity contribution in [3.63, 3.8) is 0 Å². The van der Waals surface area contributed by atoms with Crippen molar-refractivity contribution >= 4 is 31.2 Å². The molecule has 0 aromatic carbocycles. The van der Waals surface area contributed by atoms with Crippen molar-refractivity contribution in [3.8, 4) is 0 Å². The summed E-state index contributed by atoms with van der Waals surface area (Å²) in [6.45, 7) is 1.11. The molecule has 16 heavy (non-hydrogen) atoms. The number of Topliss-reactive ketones (excluding diaryl/α,β-unsaturated/α-hetero) is 1. The number of pyridine rings is 1. The van der Waals surface area contributed by atoms with E-state index in [-0.39, 0.29) is 5.69 Å². The average molecular weight is 265 g/mol. The zero-order valence-electron chi connectivity index (χ0n) is 7.88. The van der Waals surface area contributed by atoms with Gasteiger partial charge in [0.1, 0.15) is 5.69 Å². The molecule has 0 aliphatic heterocycles. The highest BCUT2D eigenvalue weighted by Gasteiger charge is 2.20. The Kier molecular flexibility index (Phi) is 3.24. The van der Waals surface area contributed by atoms with Gasteiger partial charge in [-0.15, -0.1) is 0 Å². The summed E-state index contributed by atoms with van der Waals surface area (Å²) in [5, 5.41) is 9.77. The van der Waals surface area contributed by atoms with E-state index in [0.29, 0.717) is 6.07 Å². The van der Waals surface area contributed by atoms with Crippen molar-refractivity contribution in [3.05, 3.63) is 27.9 Å². The van der Waals surface area contributed by atoms with E-state index < -0.39 is 30.5 Å². The molecular formula is C7H5ClN2O5S. The van der Waals surface area contributed by atoms with E-state index in [0.717, 1.165) is 13.0 Å². The quantitative estimate of drug-likeness (QED) is 0.350. The van der Waals surface area contributed by atoms with E-state index in [2.05, 4.69) is 4.98 Å². The van der Waals surface area contributed by atoms with Gasteiger partial charge < -0.3 is 0 Å². The van der Waals surface area contributed by atoms with Crippen LogP contribution in [0.3, 0.4) is 0 Å². The molecule has 0 bridgehead atoms. The van der Waals surface area contributed by atoms with Gasteiger partial charge in [0, 0.05) is 23.7 Å². The smallest absolute Gasteiger partial charge is 0.278 e. The van der Waals surface area contributed by atoms with Crippen LogP contribution in [-0.4, -0.2) is 24.1 Å². The molecule has 1 aromatic rings. The lowest BCUT2D eigenvalue weighted by molar-refractivity contribution is -0.385. The fourth-order valence-corrected chi connectivity index (χ4v) is 1.61. The van der Waals surface area contributed by atoms with Crippen LogP contribution >= 0.6 is 10.7 Å². The van der Waals surface area contributed by atoms with Crippen molar-refractivity contribution in [2.75, 3.05) is 0 Å². The Morgan fingerprint density at radius 1 is 1.50 bits per heavy atom. The van der Waals surface area contributed by atoms with E-state index in [4.69, 9.17) is 10.7 Å². The number of ketones is 1. The second-order valence-electron chi connectivity index (χ2n) is 2.80. The lowest BCUT2D eigenvalue weighted by Crippen LogP contribution is -2.04. The number of nitrogens with zero attached hydrogens (tertiary/aromatic N) is 2. The standard InChI is InChI=1S/C7H5ClN2O5S/c1-4(11)6-2-5(10(12)13)3-7(9-6)16(8,14)15/h2-3H,1H3. The molecule has 0 unspecified atom stereocenters. The van der Waals surface area contributed by atoms with Crippen LogP contribution in [0.1, 0.15) is 17.4 Å². The lowest BCUT2D eigenvalue weighted by Gasteiger charge is -1.99. The van der Waals surface area contributed by atoms with Crippen LogP contribution in [0.25, 0.3) is 0 Å². The molecule has 0 spiro atoms. The van der Waals surface area contributed by atoms with Crippen LogP contribution in [0.15, 0.2) is 17.2 Å². The molecule has 0 fully saturated rings. The number of carbonyl (C=O) groups is 1. The fourth-order valence-electron chi connectivity index (χ4n) is 0.902. The molecule has 0 radical (unpaired) electrons. The summed E-state index contributed by atoms with van der Waals surface area (Å²) in [6, 6.07) is 1.57. The fraction of sp³-hybridized carbons (Fsp3) is 0.143. The minimum Gasteiger partial charge on any atom is -0.293 e. The van der Waals surface area contributed by atoms with Crippen molar-refractivity contribution < 1.29 is 18.1 Å². The summed E-state index contributed by atoms with van der Waals surface area (Å²) in [5.41, 5.74) is -0.882.